The summed E-state index contributed by atoms with van der Waals surface area (Å²) in [6, 6.07) is -0.262. The standard InChI is InChI=1S/C13H24N2O2/c1-3-5-7-9-13(17)15-11(8-6-4-2)10-12(14)16/h6,8,11H,3-5,7,9-10H2,1-2H3,(H2,14,16)(H,15,17)/b8-6+/t11-/m0/s1. The number of hydrogen-bond acceptors (Lipinski definition) is 2. The molecule has 0 aliphatic carbocycles. The van der Waals surface area contributed by atoms with E-state index in [1.54, 1.807) is 0 Å². The van der Waals surface area contributed by atoms with Crippen molar-refractivity contribution in [2.45, 2.75) is 58.4 Å². The van der Waals surface area contributed by atoms with Gasteiger partial charge < -0.3 is 11.1 Å². The SMILES string of the molecule is CC/C=C/[C@@H](CC(N)=O)NC(=O)CCCCC. The maximum atomic E-state index is 11.6. The number of carbonyl (C=O) groups is 2. The molecule has 0 fully saturated rings. The number of allylic oxidation sites excluding steroid dienone is 1. The number of nitrogens with one attached hydrogen (secondary N) is 1. The van der Waals surface area contributed by atoms with Crippen molar-refractivity contribution in [3.8, 4) is 0 Å². The van der Waals surface area contributed by atoms with E-state index in [-0.39, 0.29) is 18.4 Å². The lowest BCUT2D eigenvalue weighted by molar-refractivity contribution is -0.122. The largest absolute Gasteiger partial charge is 0.370 e. The molecule has 1 atom stereocenters. The first-order chi connectivity index (χ1) is 8.10. The third-order valence-corrected chi connectivity index (χ3v) is 2.38. The van der Waals surface area contributed by atoms with Crippen molar-refractivity contribution in [2.75, 3.05) is 0 Å². The molecule has 4 nitrogen and oxygen atoms in total. The minimum absolute atomic E-state index is 0.00884. The van der Waals surface area contributed by atoms with Crippen LogP contribution in [0.15, 0.2) is 12.2 Å². The van der Waals surface area contributed by atoms with Crippen molar-refractivity contribution in [1.29, 1.82) is 0 Å². The Labute approximate surface area is 104 Å². The fourth-order valence-electron chi connectivity index (χ4n) is 1.50. The fraction of sp³-hybridized carbons (Fsp3) is 0.692. The molecule has 2 amide bonds. The first-order valence-electron chi connectivity index (χ1n) is 6.34. The molecule has 17 heavy (non-hydrogen) atoms. The van der Waals surface area contributed by atoms with E-state index in [1.165, 1.54) is 0 Å². The summed E-state index contributed by atoms with van der Waals surface area (Å²) in [5, 5.41) is 2.82. The van der Waals surface area contributed by atoms with Crippen molar-refractivity contribution in [1.82, 2.24) is 5.32 Å². The van der Waals surface area contributed by atoms with Crippen LogP contribution in [0.25, 0.3) is 0 Å². The maximum Gasteiger partial charge on any atom is 0.220 e. The molecule has 0 unspecified atom stereocenters. The highest BCUT2D eigenvalue weighted by molar-refractivity contribution is 5.79. The summed E-state index contributed by atoms with van der Waals surface area (Å²) in [6.45, 7) is 4.10. The minimum Gasteiger partial charge on any atom is -0.370 e. The molecule has 0 heterocycles. The van der Waals surface area contributed by atoms with Crippen LogP contribution in [0, 0.1) is 0 Å². The maximum absolute atomic E-state index is 11.6. The molecular formula is C13H24N2O2. The second-order valence-electron chi connectivity index (χ2n) is 4.14. The molecule has 98 valence electrons. The van der Waals surface area contributed by atoms with E-state index in [0.717, 1.165) is 25.7 Å². The first-order valence-corrected chi connectivity index (χ1v) is 6.34. The number of amides is 2. The van der Waals surface area contributed by atoms with E-state index < -0.39 is 5.91 Å². The van der Waals surface area contributed by atoms with Crippen LogP contribution in [-0.2, 0) is 9.59 Å². The van der Waals surface area contributed by atoms with Gasteiger partial charge in [-0.25, -0.2) is 0 Å². The molecule has 0 saturated heterocycles. The Morgan fingerprint density at radius 2 is 2.00 bits per heavy atom. The predicted molar refractivity (Wildman–Crippen MR) is 69.3 cm³/mol. The van der Waals surface area contributed by atoms with Gasteiger partial charge in [0.25, 0.3) is 0 Å². The Balaban J connectivity index is 4.08. The summed E-state index contributed by atoms with van der Waals surface area (Å²) in [6.07, 6.45) is 8.36. The number of primary amides is 1. The van der Waals surface area contributed by atoms with Gasteiger partial charge in [0.15, 0.2) is 0 Å². The van der Waals surface area contributed by atoms with Gasteiger partial charge in [-0.05, 0) is 12.8 Å². The average Bonchev–Trinajstić information content (AvgIpc) is 2.25. The highest BCUT2D eigenvalue weighted by Crippen LogP contribution is 2.01. The van der Waals surface area contributed by atoms with Crippen molar-refractivity contribution >= 4 is 11.8 Å². The smallest absolute Gasteiger partial charge is 0.220 e. The lowest BCUT2D eigenvalue weighted by atomic mass is 10.1. The summed E-state index contributed by atoms with van der Waals surface area (Å²) < 4.78 is 0. The van der Waals surface area contributed by atoms with Crippen LogP contribution in [0.5, 0.6) is 0 Å². The summed E-state index contributed by atoms with van der Waals surface area (Å²) >= 11 is 0. The van der Waals surface area contributed by atoms with Gasteiger partial charge in [0.05, 0.1) is 12.5 Å². The van der Waals surface area contributed by atoms with E-state index in [9.17, 15) is 9.59 Å². The monoisotopic (exact) mass is 240 g/mol. The molecule has 0 aromatic carbocycles. The zero-order valence-corrected chi connectivity index (χ0v) is 10.9. The summed E-state index contributed by atoms with van der Waals surface area (Å²) in [7, 11) is 0. The van der Waals surface area contributed by atoms with Gasteiger partial charge in [-0.1, -0.05) is 38.8 Å². The number of carbonyl (C=O) groups excluding carboxylic acids is 2. The van der Waals surface area contributed by atoms with Gasteiger partial charge in [-0.15, -0.1) is 0 Å². The predicted octanol–water partition coefficient (Wildman–Crippen LogP) is 1.89. The zero-order chi connectivity index (χ0) is 13.1. The van der Waals surface area contributed by atoms with Crippen molar-refractivity contribution in [3.63, 3.8) is 0 Å². The van der Waals surface area contributed by atoms with Gasteiger partial charge >= 0.3 is 0 Å². The molecule has 0 bridgehead atoms. The Kier molecular flexibility index (Phi) is 9.11. The van der Waals surface area contributed by atoms with E-state index in [1.807, 2.05) is 19.1 Å². The molecule has 0 saturated carbocycles. The third kappa shape index (κ3) is 9.60. The second kappa shape index (κ2) is 9.87. The number of rotatable bonds is 9. The second-order valence-corrected chi connectivity index (χ2v) is 4.14. The van der Waals surface area contributed by atoms with Crippen molar-refractivity contribution in [2.24, 2.45) is 5.73 Å². The van der Waals surface area contributed by atoms with E-state index >= 15 is 0 Å². The Morgan fingerprint density at radius 1 is 1.29 bits per heavy atom. The van der Waals surface area contributed by atoms with Gasteiger partial charge in [-0.2, -0.15) is 0 Å². The van der Waals surface area contributed by atoms with Crippen LogP contribution < -0.4 is 11.1 Å². The number of hydrogen-bond donors (Lipinski definition) is 2. The third-order valence-electron chi connectivity index (χ3n) is 2.38. The quantitative estimate of drug-likeness (QED) is 0.477. The average molecular weight is 240 g/mol. The Bertz CT molecular complexity index is 262. The zero-order valence-electron chi connectivity index (χ0n) is 10.9. The van der Waals surface area contributed by atoms with Crippen molar-refractivity contribution < 1.29 is 9.59 Å². The van der Waals surface area contributed by atoms with Crippen LogP contribution in [0.2, 0.25) is 0 Å². The molecule has 0 spiro atoms. The molecule has 0 aliphatic heterocycles. The molecule has 0 aromatic rings. The van der Waals surface area contributed by atoms with Crippen molar-refractivity contribution in [3.05, 3.63) is 12.2 Å². The van der Waals surface area contributed by atoms with Crippen LogP contribution in [0.3, 0.4) is 0 Å². The fourth-order valence-corrected chi connectivity index (χ4v) is 1.50. The van der Waals surface area contributed by atoms with Gasteiger partial charge in [0.1, 0.15) is 0 Å². The lowest BCUT2D eigenvalue weighted by Crippen LogP contribution is -2.36. The first kappa shape index (κ1) is 15.7. The van der Waals surface area contributed by atoms with E-state index in [4.69, 9.17) is 5.73 Å². The Morgan fingerprint density at radius 3 is 2.53 bits per heavy atom. The molecule has 4 heteroatoms. The molecule has 3 N–H and O–H groups in total. The lowest BCUT2D eigenvalue weighted by Gasteiger charge is -2.13. The summed E-state index contributed by atoms with van der Waals surface area (Å²) in [5.74, 6) is -0.407. The summed E-state index contributed by atoms with van der Waals surface area (Å²) in [5.41, 5.74) is 5.14. The normalized spacial score (nSPS) is 12.6. The van der Waals surface area contributed by atoms with Crippen LogP contribution in [-0.4, -0.2) is 17.9 Å². The van der Waals surface area contributed by atoms with E-state index in [0.29, 0.717) is 6.42 Å². The van der Waals surface area contributed by atoms with E-state index in [2.05, 4.69) is 12.2 Å². The minimum atomic E-state index is -0.399. The topological polar surface area (TPSA) is 72.2 Å². The van der Waals surface area contributed by atoms with Gasteiger partial charge in [-0.3, -0.25) is 9.59 Å². The van der Waals surface area contributed by atoms with Gasteiger partial charge in [0.2, 0.25) is 11.8 Å². The van der Waals surface area contributed by atoms with Gasteiger partial charge in [0, 0.05) is 6.42 Å². The molecule has 0 aromatic heterocycles. The van der Waals surface area contributed by atoms with Crippen LogP contribution in [0.4, 0.5) is 0 Å². The highest BCUT2D eigenvalue weighted by atomic mass is 16.2. The molecule has 0 radical (unpaired) electrons. The number of unbranched alkanes of at least 4 members (excludes halogenated alkanes) is 2. The van der Waals surface area contributed by atoms with Crippen LogP contribution in [0.1, 0.15) is 52.4 Å². The number of nitrogens with two attached hydrogens (primary N) is 1. The molecule has 0 aliphatic rings. The molecular weight excluding hydrogens is 216 g/mol. The summed E-state index contributed by atoms with van der Waals surface area (Å²) in [4.78, 5) is 22.4. The van der Waals surface area contributed by atoms with Crippen LogP contribution >= 0.6 is 0 Å². The Hall–Kier alpha value is -1.32. The molecule has 0 rings (SSSR count). The highest BCUT2D eigenvalue weighted by Gasteiger charge is 2.11.